The number of nitrogens with zero attached hydrogens (tertiary/aromatic N) is 2. The molecule has 276 valence electrons. The van der Waals surface area contributed by atoms with E-state index < -0.39 is 39.4 Å². The van der Waals surface area contributed by atoms with Gasteiger partial charge in [-0.15, -0.1) is 0 Å². The first-order chi connectivity index (χ1) is 24.5. The lowest BCUT2D eigenvalue weighted by Gasteiger charge is -2.28. The van der Waals surface area contributed by atoms with Gasteiger partial charge in [0.05, 0.1) is 27.4 Å². The number of carboxylic acids is 1. The molecule has 52 heavy (non-hydrogen) atoms. The van der Waals surface area contributed by atoms with E-state index in [1.54, 1.807) is 37.4 Å². The van der Waals surface area contributed by atoms with Crippen LogP contribution in [-0.4, -0.2) is 71.4 Å². The number of aromatic nitrogens is 2. The average Bonchev–Trinajstić information content (AvgIpc) is 3.94. The lowest BCUT2D eigenvalue weighted by molar-refractivity contribution is -0.192. The Balaban J connectivity index is 0.000000679. The summed E-state index contributed by atoms with van der Waals surface area (Å²) >= 11 is 0. The van der Waals surface area contributed by atoms with Crippen molar-refractivity contribution in [3.8, 4) is 0 Å². The van der Waals surface area contributed by atoms with E-state index in [4.69, 9.17) is 14.6 Å². The van der Waals surface area contributed by atoms with Crippen LogP contribution < -0.4 is 16.2 Å². The quantitative estimate of drug-likeness (QED) is 0.198. The number of carbonyl (C=O) groups excluding carboxylic acids is 2. The number of sulfone groups is 1. The number of carboxylic acid groups (broad SMARTS) is 1. The number of alkyl halides is 3. The van der Waals surface area contributed by atoms with E-state index >= 15 is 0 Å². The second-order valence-corrected chi connectivity index (χ2v) is 14.7. The van der Waals surface area contributed by atoms with Crippen molar-refractivity contribution in [3.63, 3.8) is 0 Å². The van der Waals surface area contributed by atoms with Crippen LogP contribution in [0, 0.1) is 6.92 Å². The number of carbonyl (C=O) groups is 3. The highest BCUT2D eigenvalue weighted by molar-refractivity contribution is 7.92. The fourth-order valence-electron chi connectivity index (χ4n) is 5.88. The van der Waals surface area contributed by atoms with Crippen molar-refractivity contribution in [3.05, 3.63) is 93.5 Å². The molecule has 3 aromatic carbocycles. The maximum absolute atomic E-state index is 14.3. The van der Waals surface area contributed by atoms with Gasteiger partial charge in [-0.25, -0.2) is 23.0 Å². The Morgan fingerprint density at radius 2 is 1.79 bits per heavy atom. The molecule has 2 atom stereocenters. The number of rotatable bonds is 5. The Morgan fingerprint density at radius 3 is 2.42 bits per heavy atom. The summed E-state index contributed by atoms with van der Waals surface area (Å²) in [6.07, 6.45) is -2.49. The summed E-state index contributed by atoms with van der Waals surface area (Å²) in [6.45, 7) is 4.09. The van der Waals surface area contributed by atoms with E-state index in [2.05, 4.69) is 20.6 Å². The first kappa shape index (κ1) is 37.8. The number of anilines is 2. The second kappa shape index (κ2) is 15.0. The minimum absolute atomic E-state index is 0.0286. The molecule has 1 aromatic heterocycles. The van der Waals surface area contributed by atoms with Gasteiger partial charge in [-0.1, -0.05) is 25.1 Å². The van der Waals surface area contributed by atoms with Crippen LogP contribution in [0.1, 0.15) is 60.4 Å². The Kier molecular flexibility index (Phi) is 10.9. The molecule has 3 heterocycles. The van der Waals surface area contributed by atoms with E-state index in [1.807, 2.05) is 32.0 Å². The van der Waals surface area contributed by atoms with E-state index in [1.165, 1.54) is 17.3 Å². The Morgan fingerprint density at radius 1 is 1.08 bits per heavy atom. The van der Waals surface area contributed by atoms with Gasteiger partial charge in [0.25, 0.3) is 5.56 Å². The second-order valence-electron chi connectivity index (χ2n) is 12.5. The van der Waals surface area contributed by atoms with Crippen LogP contribution in [0.25, 0.3) is 10.9 Å². The molecule has 1 fully saturated rings. The number of aliphatic carboxylic acids is 1. The van der Waals surface area contributed by atoms with Crippen molar-refractivity contribution in [2.24, 2.45) is 0 Å². The maximum Gasteiger partial charge on any atom is 0.490 e. The monoisotopic (exact) mass is 743 g/mol. The van der Waals surface area contributed by atoms with E-state index in [0.29, 0.717) is 52.7 Å². The van der Waals surface area contributed by atoms with Gasteiger partial charge in [0, 0.05) is 30.9 Å². The number of hydrogen-bond acceptors (Lipinski definition) is 9. The van der Waals surface area contributed by atoms with Crippen LogP contribution in [0.2, 0.25) is 0 Å². The number of benzene rings is 3. The minimum atomic E-state index is -5.08. The standard InChI is InChI=1S/C33H35N5O6S.C2HF3O2/c1-4-20-17-44-33(41)37-23-7-12-29(45(42,43)25-8-9-25)22(14-23)16-38(3)32(40)30(21-5-10-26(20)19(2)13-21)36-24-6-11-28-27(15-24)31(39)35-18-34-28;3-2(4,5)1(6)7/h5-7,10-15,18,20,25,30,36H,4,8-9,16-17H2,1-3H3,(H,37,41)(H,34,35,39);(H,6,7)/t20-,30+;/m0./s1. The van der Waals surface area contributed by atoms with Crippen molar-refractivity contribution in [1.82, 2.24) is 14.9 Å². The normalized spacial score (nSPS) is 18.2. The zero-order chi connectivity index (χ0) is 38.0. The number of H-pyrrole nitrogens is 1. The fourth-order valence-corrected chi connectivity index (χ4v) is 7.74. The van der Waals surface area contributed by atoms with Gasteiger partial charge in [-0.2, -0.15) is 13.2 Å². The van der Waals surface area contributed by atoms with Crippen molar-refractivity contribution >= 4 is 50.1 Å². The summed E-state index contributed by atoms with van der Waals surface area (Å²) in [5.74, 6) is -3.15. The SMILES string of the molecule is CC[C@H]1COC(=O)Nc2ccc(S(=O)(=O)C3CC3)c(c2)CN(C)C(=O)[C@H](Nc2ccc3nc[nH]c(=O)c3c2)c2ccc1c(C)c2.O=C(O)C(F)(F)F. The van der Waals surface area contributed by atoms with Crippen molar-refractivity contribution < 1.29 is 45.8 Å². The van der Waals surface area contributed by atoms with Crippen LogP contribution in [-0.2, 0) is 30.7 Å². The van der Waals surface area contributed by atoms with Gasteiger partial charge in [-0.3, -0.25) is 14.9 Å². The highest BCUT2D eigenvalue weighted by atomic mass is 32.2. The Bertz CT molecular complexity index is 2190. The van der Waals surface area contributed by atoms with Crippen LogP contribution in [0.3, 0.4) is 0 Å². The topological polar surface area (TPSA) is 188 Å². The number of aromatic amines is 1. The fraction of sp³-hybridized carbons (Fsp3) is 0.343. The molecule has 3 aliphatic rings. The Hall–Kier alpha value is -5.45. The molecule has 0 radical (unpaired) electrons. The molecular formula is C35H36F3N5O8S. The molecule has 13 nitrogen and oxygen atoms in total. The summed E-state index contributed by atoms with van der Waals surface area (Å²) in [4.78, 5) is 56.9. The number of ether oxygens (including phenoxy) is 1. The molecule has 7 rings (SSSR count). The molecule has 17 heteroatoms. The van der Waals surface area contributed by atoms with Crippen LogP contribution in [0.4, 0.5) is 29.3 Å². The maximum atomic E-state index is 14.3. The lowest BCUT2D eigenvalue weighted by Crippen LogP contribution is -2.35. The highest BCUT2D eigenvalue weighted by Crippen LogP contribution is 2.37. The van der Waals surface area contributed by atoms with E-state index in [0.717, 1.165) is 11.1 Å². The van der Waals surface area contributed by atoms with E-state index in [9.17, 15) is 36.0 Å². The smallest absolute Gasteiger partial charge is 0.475 e. The molecule has 1 saturated carbocycles. The minimum Gasteiger partial charge on any atom is -0.475 e. The predicted octanol–water partition coefficient (Wildman–Crippen LogP) is 5.67. The average molecular weight is 744 g/mol. The molecular weight excluding hydrogens is 707 g/mol. The molecule has 4 aromatic rings. The van der Waals surface area contributed by atoms with Gasteiger partial charge in [0.1, 0.15) is 12.6 Å². The number of hydrogen-bond donors (Lipinski definition) is 4. The zero-order valence-corrected chi connectivity index (χ0v) is 29.1. The van der Waals surface area contributed by atoms with Gasteiger partial charge in [0.2, 0.25) is 5.91 Å². The van der Waals surface area contributed by atoms with Crippen LogP contribution >= 0.6 is 0 Å². The van der Waals surface area contributed by atoms with Crippen molar-refractivity contribution in [2.45, 2.75) is 67.9 Å². The summed E-state index contributed by atoms with van der Waals surface area (Å²) in [5.41, 5.74) is 4.15. The largest absolute Gasteiger partial charge is 0.490 e. The molecule has 1 aliphatic carbocycles. The summed E-state index contributed by atoms with van der Waals surface area (Å²) in [5, 5.41) is 13.1. The van der Waals surface area contributed by atoms with Gasteiger partial charge < -0.3 is 25.0 Å². The van der Waals surface area contributed by atoms with Crippen LogP contribution in [0.5, 0.6) is 0 Å². The first-order valence-electron chi connectivity index (χ1n) is 16.2. The van der Waals surface area contributed by atoms with Gasteiger partial charge >= 0.3 is 18.2 Å². The third-order valence-electron chi connectivity index (χ3n) is 8.78. The molecule has 0 saturated heterocycles. The molecule has 4 N–H and O–H groups in total. The van der Waals surface area contributed by atoms with Gasteiger partial charge in [-0.05, 0) is 84.8 Å². The number of nitrogens with one attached hydrogen (secondary N) is 3. The predicted molar refractivity (Wildman–Crippen MR) is 185 cm³/mol. The first-order valence-corrected chi connectivity index (χ1v) is 17.7. The van der Waals surface area contributed by atoms with Crippen LogP contribution in [0.15, 0.2) is 70.6 Å². The summed E-state index contributed by atoms with van der Waals surface area (Å²) in [6, 6.07) is 14.7. The van der Waals surface area contributed by atoms with Crippen molar-refractivity contribution in [1.29, 1.82) is 0 Å². The number of amides is 2. The summed E-state index contributed by atoms with van der Waals surface area (Å²) < 4.78 is 64.1. The molecule has 2 aliphatic heterocycles. The number of aryl methyl sites for hydroxylation is 1. The third-order valence-corrected chi connectivity index (χ3v) is 11.1. The summed E-state index contributed by atoms with van der Waals surface area (Å²) in [7, 11) is -2.00. The molecule has 4 bridgehead atoms. The van der Waals surface area contributed by atoms with E-state index in [-0.39, 0.29) is 35.4 Å². The zero-order valence-electron chi connectivity index (χ0n) is 28.3. The number of halogens is 3. The van der Waals surface area contributed by atoms with Gasteiger partial charge in [0.15, 0.2) is 9.84 Å². The van der Waals surface area contributed by atoms with Crippen molar-refractivity contribution in [2.75, 3.05) is 24.3 Å². The molecule has 0 spiro atoms. The molecule has 2 amide bonds. The number of likely N-dealkylation sites (N-methyl/N-ethyl adjacent to an activating group) is 1. The number of fused-ring (bicyclic) bond motifs is 10. The Labute approximate surface area is 296 Å². The third kappa shape index (κ3) is 8.53. The molecule has 0 unspecified atom stereocenters. The highest BCUT2D eigenvalue weighted by Gasteiger charge is 2.39. The lowest BCUT2D eigenvalue weighted by atomic mass is 9.90.